The second-order valence-electron chi connectivity index (χ2n) is 8.23. The minimum atomic E-state index is -0.419. The van der Waals surface area contributed by atoms with Crippen molar-refractivity contribution in [3.8, 4) is 0 Å². The lowest BCUT2D eigenvalue weighted by atomic mass is 10.0. The number of carbonyl (C=O) groups excluding carboxylic acids is 1. The van der Waals surface area contributed by atoms with Gasteiger partial charge in [-0.3, -0.25) is 4.79 Å². The second kappa shape index (κ2) is 8.55. The van der Waals surface area contributed by atoms with Gasteiger partial charge in [0.15, 0.2) is 5.82 Å². The first-order valence-corrected chi connectivity index (χ1v) is 10.6. The highest BCUT2D eigenvalue weighted by Gasteiger charge is 2.32. The lowest BCUT2D eigenvalue weighted by Crippen LogP contribution is -2.49. The molecule has 0 radical (unpaired) electrons. The Labute approximate surface area is 176 Å². The molecular weight excluding hydrogens is 383 g/mol. The number of fused-ring (bicyclic) bond motifs is 1. The third-order valence-electron chi connectivity index (χ3n) is 6.12. The van der Waals surface area contributed by atoms with Gasteiger partial charge in [-0.15, -0.1) is 0 Å². The molecule has 0 bridgehead atoms. The van der Waals surface area contributed by atoms with Crippen LogP contribution in [0.4, 0.5) is 21.6 Å². The molecular formula is C22H29FN6O. The van der Waals surface area contributed by atoms with E-state index in [2.05, 4.69) is 20.2 Å². The van der Waals surface area contributed by atoms with Crippen molar-refractivity contribution in [2.24, 2.45) is 0 Å². The van der Waals surface area contributed by atoms with Crippen LogP contribution >= 0.6 is 0 Å². The van der Waals surface area contributed by atoms with Crippen molar-refractivity contribution in [2.75, 3.05) is 43.0 Å². The lowest BCUT2D eigenvalue weighted by Gasteiger charge is -2.43. The molecule has 1 saturated heterocycles. The van der Waals surface area contributed by atoms with Crippen LogP contribution in [0.25, 0.3) is 0 Å². The summed E-state index contributed by atoms with van der Waals surface area (Å²) < 4.78 is 14.1. The van der Waals surface area contributed by atoms with Crippen LogP contribution in [0.1, 0.15) is 37.0 Å². The van der Waals surface area contributed by atoms with Crippen molar-refractivity contribution < 1.29 is 9.18 Å². The van der Waals surface area contributed by atoms with Crippen molar-refractivity contribution in [3.63, 3.8) is 0 Å². The van der Waals surface area contributed by atoms with Gasteiger partial charge in [-0.2, -0.15) is 0 Å². The summed E-state index contributed by atoms with van der Waals surface area (Å²) in [5, 5.41) is 3.41. The fourth-order valence-corrected chi connectivity index (χ4v) is 4.23. The number of aromatic nitrogens is 2. The van der Waals surface area contributed by atoms with Gasteiger partial charge in [-0.05, 0) is 58.0 Å². The minimum absolute atomic E-state index is 0.0148. The second-order valence-corrected chi connectivity index (χ2v) is 8.23. The molecule has 7 nitrogen and oxygen atoms in total. The fourth-order valence-electron chi connectivity index (χ4n) is 4.23. The first-order chi connectivity index (χ1) is 14.5. The van der Waals surface area contributed by atoms with E-state index < -0.39 is 5.82 Å². The summed E-state index contributed by atoms with van der Waals surface area (Å²) in [4.78, 5) is 28.0. The molecule has 30 heavy (non-hydrogen) atoms. The number of carbonyl (C=O) groups is 1. The first-order valence-electron chi connectivity index (χ1n) is 10.6. The standard InChI is InChI=1S/C22H29FN6O/c1-15(2)27(3)22(30)18-12-16(23)4-5-19(18)29-11-10-28(17-6-8-24-9-7-17)21-20(29)13-25-14-26-21/h4-5,12-15,17,24H,6-11H2,1-3H3. The van der Waals surface area contributed by atoms with Crippen LogP contribution in [-0.2, 0) is 0 Å². The molecule has 8 heteroatoms. The summed E-state index contributed by atoms with van der Waals surface area (Å²) in [6, 6.07) is 4.88. The highest BCUT2D eigenvalue weighted by atomic mass is 19.1. The van der Waals surface area contributed by atoms with Crippen molar-refractivity contribution in [3.05, 3.63) is 42.1 Å². The SMILES string of the molecule is CC(C)N(C)C(=O)c1cc(F)ccc1N1CCN(C2CCNCC2)c2ncncc21. The molecule has 1 N–H and O–H groups in total. The molecule has 160 valence electrons. The summed E-state index contributed by atoms with van der Waals surface area (Å²) in [5.74, 6) is 0.263. The molecule has 4 rings (SSSR count). The maximum absolute atomic E-state index is 14.1. The average molecular weight is 413 g/mol. The van der Waals surface area contributed by atoms with Crippen molar-refractivity contribution >= 4 is 23.1 Å². The molecule has 2 aromatic rings. The lowest BCUT2D eigenvalue weighted by molar-refractivity contribution is 0.0755. The number of hydrogen-bond acceptors (Lipinski definition) is 6. The fraction of sp³-hybridized carbons (Fsp3) is 0.500. The van der Waals surface area contributed by atoms with Gasteiger partial charge in [0.25, 0.3) is 5.91 Å². The Morgan fingerprint density at radius 1 is 1.23 bits per heavy atom. The van der Waals surface area contributed by atoms with E-state index in [0.29, 0.717) is 23.8 Å². The summed E-state index contributed by atoms with van der Waals surface area (Å²) in [6.45, 7) is 7.36. The molecule has 0 aliphatic carbocycles. The van der Waals surface area contributed by atoms with Gasteiger partial charge in [0.05, 0.1) is 17.4 Å². The number of amides is 1. The van der Waals surface area contributed by atoms with Gasteiger partial charge in [0.1, 0.15) is 17.8 Å². The van der Waals surface area contributed by atoms with Gasteiger partial charge >= 0.3 is 0 Å². The maximum Gasteiger partial charge on any atom is 0.256 e. The predicted octanol–water partition coefficient (Wildman–Crippen LogP) is 2.81. The zero-order valence-corrected chi connectivity index (χ0v) is 17.8. The number of halogens is 1. The molecule has 2 aliphatic heterocycles. The highest BCUT2D eigenvalue weighted by Crippen LogP contribution is 2.39. The summed E-state index contributed by atoms with van der Waals surface area (Å²) >= 11 is 0. The van der Waals surface area contributed by atoms with E-state index in [0.717, 1.165) is 44.0 Å². The van der Waals surface area contributed by atoms with Crippen LogP contribution in [0.3, 0.4) is 0 Å². The molecule has 1 aromatic heterocycles. The number of rotatable bonds is 4. The van der Waals surface area contributed by atoms with E-state index in [1.54, 1.807) is 30.5 Å². The van der Waals surface area contributed by atoms with Gasteiger partial charge in [0, 0.05) is 32.2 Å². The van der Waals surface area contributed by atoms with Crippen LogP contribution in [0.15, 0.2) is 30.7 Å². The quantitative estimate of drug-likeness (QED) is 0.833. The molecule has 0 spiro atoms. The molecule has 1 aromatic carbocycles. The first kappa shape index (κ1) is 20.5. The minimum Gasteiger partial charge on any atom is -0.350 e. The molecule has 1 fully saturated rings. The predicted molar refractivity (Wildman–Crippen MR) is 116 cm³/mol. The Hall–Kier alpha value is -2.74. The topological polar surface area (TPSA) is 64.6 Å². The number of benzene rings is 1. The monoisotopic (exact) mass is 412 g/mol. The number of hydrogen-bond donors (Lipinski definition) is 1. The van der Waals surface area contributed by atoms with Crippen LogP contribution in [0.2, 0.25) is 0 Å². The Bertz CT molecular complexity index is 914. The van der Waals surface area contributed by atoms with E-state index in [-0.39, 0.29) is 11.9 Å². The normalized spacial score (nSPS) is 17.2. The highest BCUT2D eigenvalue weighted by molar-refractivity contribution is 6.01. The third-order valence-corrected chi connectivity index (χ3v) is 6.12. The summed E-state index contributed by atoms with van der Waals surface area (Å²) in [7, 11) is 1.74. The van der Waals surface area contributed by atoms with Crippen LogP contribution in [-0.4, -0.2) is 66.1 Å². The molecule has 0 saturated carbocycles. The van der Waals surface area contributed by atoms with E-state index >= 15 is 0 Å². The zero-order valence-electron chi connectivity index (χ0n) is 17.8. The van der Waals surface area contributed by atoms with E-state index in [1.807, 2.05) is 18.7 Å². The number of anilines is 3. The summed E-state index contributed by atoms with van der Waals surface area (Å²) in [5.41, 5.74) is 1.90. The van der Waals surface area contributed by atoms with Crippen molar-refractivity contribution in [2.45, 2.75) is 38.8 Å². The Morgan fingerprint density at radius 2 is 2.00 bits per heavy atom. The van der Waals surface area contributed by atoms with E-state index in [9.17, 15) is 9.18 Å². The van der Waals surface area contributed by atoms with E-state index in [4.69, 9.17) is 0 Å². The largest absolute Gasteiger partial charge is 0.350 e. The van der Waals surface area contributed by atoms with Crippen molar-refractivity contribution in [1.82, 2.24) is 20.2 Å². The Morgan fingerprint density at radius 3 is 2.73 bits per heavy atom. The molecule has 0 unspecified atom stereocenters. The van der Waals surface area contributed by atoms with Gasteiger partial charge in [0.2, 0.25) is 0 Å². The summed E-state index contributed by atoms with van der Waals surface area (Å²) in [6.07, 6.45) is 5.50. The van der Waals surface area contributed by atoms with Gasteiger partial charge < -0.3 is 20.0 Å². The van der Waals surface area contributed by atoms with Crippen molar-refractivity contribution in [1.29, 1.82) is 0 Å². The molecule has 2 aliphatic rings. The molecule has 3 heterocycles. The molecule has 1 amide bonds. The molecule has 0 atom stereocenters. The Kier molecular flexibility index (Phi) is 5.85. The van der Waals surface area contributed by atoms with Crippen LogP contribution in [0.5, 0.6) is 0 Å². The van der Waals surface area contributed by atoms with Gasteiger partial charge in [-0.1, -0.05) is 0 Å². The third kappa shape index (κ3) is 3.84. The zero-order chi connectivity index (χ0) is 21.3. The van der Waals surface area contributed by atoms with Gasteiger partial charge in [-0.25, -0.2) is 14.4 Å². The number of nitrogens with one attached hydrogen (secondary N) is 1. The van der Waals surface area contributed by atoms with Crippen LogP contribution < -0.4 is 15.1 Å². The maximum atomic E-state index is 14.1. The smallest absolute Gasteiger partial charge is 0.256 e. The average Bonchev–Trinajstić information content (AvgIpc) is 2.78. The van der Waals surface area contributed by atoms with Crippen LogP contribution in [0, 0.1) is 5.82 Å². The Balaban J connectivity index is 1.73. The number of nitrogens with zero attached hydrogens (tertiary/aromatic N) is 5. The van der Waals surface area contributed by atoms with E-state index in [1.165, 1.54) is 12.1 Å². The number of piperidine rings is 1.